The van der Waals surface area contributed by atoms with Gasteiger partial charge < -0.3 is 29.5 Å². The molecule has 5 amide bonds. The Kier molecular flexibility index (Phi) is 16.4. The summed E-state index contributed by atoms with van der Waals surface area (Å²) in [5, 5.41) is 3.07. The summed E-state index contributed by atoms with van der Waals surface area (Å²) in [5.41, 5.74) is 0.889. The minimum absolute atomic E-state index is 0.0394. The molecule has 326 valence electrons. The number of ketones is 1. The second kappa shape index (κ2) is 20.6. The maximum atomic E-state index is 14.5. The molecule has 1 aromatic rings. The number of hydrogen-bond acceptors (Lipinski definition) is 10. The standard InChI is InChI=1S/C45H67N5O9/c1-26(2)31(24-35(51)38(46-9)27(3)4)41(53)47(10)39(28(5)6)43(55)48-21-15-19-32(48)42(54)49-22-16-20-33(49)45(57)59-40(29(7)8)44(56)50-34(36(58-11)25-37(50)52)23-30-17-13-12-14-18-30/h12-14,17-18,25-29,31-34,38-40,46H,15-16,19-24H2,1-11H3/t31-,32-,33-,34-,38-,39-,40-/m0/s1. The van der Waals surface area contributed by atoms with Crippen LogP contribution in [0, 0.1) is 29.6 Å². The number of ether oxygens (including phenoxy) is 2. The van der Waals surface area contributed by atoms with E-state index in [9.17, 15) is 33.6 Å². The number of imide groups is 1. The Labute approximate surface area is 350 Å². The van der Waals surface area contributed by atoms with Crippen molar-refractivity contribution in [2.45, 2.75) is 130 Å². The van der Waals surface area contributed by atoms with Crippen molar-refractivity contribution in [2.75, 3.05) is 34.3 Å². The van der Waals surface area contributed by atoms with Crippen LogP contribution < -0.4 is 5.32 Å². The van der Waals surface area contributed by atoms with Gasteiger partial charge in [-0.3, -0.25) is 33.7 Å². The molecule has 7 atom stereocenters. The van der Waals surface area contributed by atoms with E-state index in [1.54, 1.807) is 27.9 Å². The average Bonchev–Trinajstić information content (AvgIpc) is 3.94. The number of carbonyl (C=O) groups is 7. The predicted molar refractivity (Wildman–Crippen MR) is 222 cm³/mol. The van der Waals surface area contributed by atoms with Crippen LogP contribution in [0.5, 0.6) is 0 Å². The zero-order valence-corrected chi connectivity index (χ0v) is 36.9. The normalized spacial score (nSPS) is 21.5. The van der Waals surface area contributed by atoms with Gasteiger partial charge in [0.1, 0.15) is 29.9 Å². The fourth-order valence-corrected chi connectivity index (χ4v) is 8.91. The van der Waals surface area contributed by atoms with Crippen molar-refractivity contribution in [3.05, 3.63) is 47.7 Å². The van der Waals surface area contributed by atoms with E-state index in [4.69, 9.17) is 9.47 Å². The largest absolute Gasteiger partial charge is 0.499 e. The van der Waals surface area contributed by atoms with Crippen molar-refractivity contribution in [3.8, 4) is 0 Å². The molecule has 3 aliphatic heterocycles. The number of likely N-dealkylation sites (tertiary alicyclic amines) is 2. The number of carbonyl (C=O) groups excluding carboxylic acids is 7. The van der Waals surface area contributed by atoms with Gasteiger partial charge in [-0.05, 0) is 62.0 Å². The molecule has 0 radical (unpaired) electrons. The molecule has 14 nitrogen and oxygen atoms in total. The predicted octanol–water partition coefficient (Wildman–Crippen LogP) is 4.01. The van der Waals surface area contributed by atoms with Gasteiger partial charge >= 0.3 is 5.97 Å². The van der Waals surface area contributed by atoms with E-state index < -0.39 is 65.9 Å². The van der Waals surface area contributed by atoms with Gasteiger partial charge in [-0.25, -0.2) is 4.79 Å². The summed E-state index contributed by atoms with van der Waals surface area (Å²) >= 11 is 0. The van der Waals surface area contributed by atoms with Crippen molar-refractivity contribution in [3.63, 3.8) is 0 Å². The fourth-order valence-electron chi connectivity index (χ4n) is 8.91. The number of nitrogens with zero attached hydrogens (tertiary/aromatic N) is 4. The van der Waals surface area contributed by atoms with Crippen LogP contribution in [-0.4, -0.2) is 131 Å². The maximum absolute atomic E-state index is 14.5. The Morgan fingerprint density at radius 2 is 1.42 bits per heavy atom. The average molecular weight is 822 g/mol. The van der Waals surface area contributed by atoms with E-state index in [0.29, 0.717) is 44.4 Å². The number of hydrogen-bond donors (Lipinski definition) is 1. The van der Waals surface area contributed by atoms with E-state index in [0.717, 1.165) is 10.5 Å². The number of esters is 1. The lowest BCUT2D eigenvalue weighted by molar-refractivity contribution is -0.170. The summed E-state index contributed by atoms with van der Waals surface area (Å²) in [4.78, 5) is 103. The van der Waals surface area contributed by atoms with Gasteiger partial charge in [0.25, 0.3) is 11.8 Å². The third kappa shape index (κ3) is 10.6. The second-order valence-electron chi connectivity index (χ2n) is 17.7. The minimum Gasteiger partial charge on any atom is -0.499 e. The topological polar surface area (TPSA) is 163 Å². The molecule has 0 saturated carbocycles. The molecule has 0 bridgehead atoms. The molecule has 0 aromatic heterocycles. The van der Waals surface area contributed by atoms with Crippen LogP contribution in [0.4, 0.5) is 0 Å². The Bertz CT molecular complexity index is 1730. The summed E-state index contributed by atoms with van der Waals surface area (Å²) in [7, 11) is 4.77. The second-order valence-corrected chi connectivity index (χ2v) is 17.7. The lowest BCUT2D eigenvalue weighted by Crippen LogP contribution is -2.58. The van der Waals surface area contributed by atoms with Crippen LogP contribution in [0.3, 0.4) is 0 Å². The van der Waals surface area contributed by atoms with Crippen LogP contribution in [0.25, 0.3) is 0 Å². The molecule has 59 heavy (non-hydrogen) atoms. The van der Waals surface area contributed by atoms with Crippen molar-refractivity contribution >= 4 is 41.3 Å². The molecule has 4 rings (SSSR count). The molecule has 3 heterocycles. The van der Waals surface area contributed by atoms with E-state index in [1.807, 2.05) is 71.9 Å². The minimum atomic E-state index is -1.31. The molecular weight excluding hydrogens is 755 g/mol. The molecule has 3 aliphatic rings. The fraction of sp³-hybridized carbons (Fsp3) is 0.667. The van der Waals surface area contributed by atoms with Gasteiger partial charge in [0.15, 0.2) is 11.9 Å². The zero-order valence-electron chi connectivity index (χ0n) is 36.9. The van der Waals surface area contributed by atoms with Crippen LogP contribution in [0.15, 0.2) is 42.2 Å². The van der Waals surface area contributed by atoms with Gasteiger partial charge in [-0.15, -0.1) is 0 Å². The first-order valence-electron chi connectivity index (χ1n) is 21.3. The quantitative estimate of drug-likeness (QED) is 0.214. The third-order valence-corrected chi connectivity index (χ3v) is 12.1. The molecule has 0 unspecified atom stereocenters. The van der Waals surface area contributed by atoms with Crippen molar-refractivity contribution in [1.82, 2.24) is 24.9 Å². The van der Waals surface area contributed by atoms with Gasteiger partial charge in [0.2, 0.25) is 17.7 Å². The molecule has 0 spiro atoms. The first-order valence-corrected chi connectivity index (χ1v) is 21.3. The van der Waals surface area contributed by atoms with E-state index >= 15 is 0 Å². The number of amides is 5. The zero-order chi connectivity index (χ0) is 43.9. The van der Waals surface area contributed by atoms with Crippen molar-refractivity contribution in [2.24, 2.45) is 29.6 Å². The smallest absolute Gasteiger partial charge is 0.329 e. The van der Waals surface area contributed by atoms with Gasteiger partial charge in [0, 0.05) is 45.0 Å². The summed E-state index contributed by atoms with van der Waals surface area (Å²) in [6.07, 6.45) is 2.10. The number of Topliss-reactive ketones (excluding diaryl/α,β-unsaturated/α-hetero) is 1. The summed E-state index contributed by atoms with van der Waals surface area (Å²) < 4.78 is 11.4. The van der Waals surface area contributed by atoms with Crippen LogP contribution >= 0.6 is 0 Å². The highest BCUT2D eigenvalue weighted by Crippen LogP contribution is 2.31. The molecule has 1 aromatic carbocycles. The monoisotopic (exact) mass is 821 g/mol. The van der Waals surface area contributed by atoms with E-state index in [1.165, 1.54) is 27.9 Å². The SMILES string of the molecule is CN[C@H](C(=O)C[C@H](C(=O)N(C)[C@H](C(=O)N1CCC[C@H]1C(=O)N1CCC[C@H]1C(=O)O[C@H](C(=O)N1C(=O)C=C(OC)[C@@H]1Cc1ccccc1)C(C)C)C(C)C)C(C)C)C(C)C. The Hall–Kier alpha value is -4.59. The number of rotatable bonds is 18. The van der Waals surface area contributed by atoms with Crippen LogP contribution in [0.1, 0.15) is 93.1 Å². The highest BCUT2D eigenvalue weighted by molar-refractivity contribution is 6.06. The van der Waals surface area contributed by atoms with Gasteiger partial charge in [-0.1, -0.05) is 85.7 Å². The van der Waals surface area contributed by atoms with Crippen molar-refractivity contribution < 1.29 is 43.0 Å². The molecular formula is C45H67N5O9. The van der Waals surface area contributed by atoms with Gasteiger partial charge in [-0.2, -0.15) is 0 Å². The highest BCUT2D eigenvalue weighted by atomic mass is 16.6. The molecule has 2 saturated heterocycles. The molecule has 0 aliphatic carbocycles. The van der Waals surface area contributed by atoms with Crippen LogP contribution in [0.2, 0.25) is 0 Å². The maximum Gasteiger partial charge on any atom is 0.329 e. The third-order valence-electron chi connectivity index (χ3n) is 12.1. The lowest BCUT2D eigenvalue weighted by atomic mass is 9.85. The number of likely N-dealkylation sites (N-methyl/N-ethyl adjacent to an activating group) is 2. The molecule has 2 fully saturated rings. The van der Waals surface area contributed by atoms with E-state index in [2.05, 4.69) is 5.32 Å². The highest BCUT2D eigenvalue weighted by Gasteiger charge is 2.48. The van der Waals surface area contributed by atoms with Crippen LogP contribution in [-0.2, 0) is 49.5 Å². The Morgan fingerprint density at radius 1 is 0.814 bits per heavy atom. The lowest BCUT2D eigenvalue weighted by Gasteiger charge is -2.38. The Morgan fingerprint density at radius 3 is 1.97 bits per heavy atom. The first-order chi connectivity index (χ1) is 27.9. The van der Waals surface area contributed by atoms with Gasteiger partial charge in [0.05, 0.1) is 13.2 Å². The number of nitrogens with one attached hydrogen (secondary N) is 1. The first kappa shape index (κ1) is 47.1. The summed E-state index contributed by atoms with van der Waals surface area (Å²) in [6, 6.07) is 5.54. The van der Waals surface area contributed by atoms with E-state index in [-0.39, 0.29) is 54.2 Å². The summed E-state index contributed by atoms with van der Waals surface area (Å²) in [5.74, 6) is -4.31. The number of benzene rings is 1. The molecule has 14 heteroatoms. The Balaban J connectivity index is 1.50. The summed E-state index contributed by atoms with van der Waals surface area (Å²) in [6.45, 7) is 15.4. The molecule has 1 N–H and O–H groups in total. The van der Waals surface area contributed by atoms with Crippen molar-refractivity contribution in [1.29, 1.82) is 0 Å². The number of methoxy groups -OCH3 is 1.